The first kappa shape index (κ1) is 11.0. The number of hydrogen-bond acceptors (Lipinski definition) is 3. The van der Waals surface area contributed by atoms with Crippen molar-refractivity contribution in [1.82, 2.24) is 4.98 Å². The minimum absolute atomic E-state index is 0.248. The van der Waals surface area contributed by atoms with Crippen LogP contribution in [0.1, 0.15) is 23.0 Å². The van der Waals surface area contributed by atoms with Gasteiger partial charge in [0.2, 0.25) is 0 Å². The first-order chi connectivity index (χ1) is 6.60. The number of nitrogens with zero attached hydrogens (tertiary/aromatic N) is 1. The Labute approximate surface area is 90.5 Å². The Balaban J connectivity index is 3.31. The van der Waals surface area contributed by atoms with Crippen LogP contribution in [0.2, 0.25) is 0 Å². The molecule has 0 unspecified atom stereocenters. The van der Waals surface area contributed by atoms with Crippen molar-refractivity contribution in [1.29, 1.82) is 0 Å². The minimum Gasteiger partial charge on any atom is -0.478 e. The Morgan fingerprint density at radius 1 is 1.71 bits per heavy atom. The first-order valence-corrected chi connectivity index (χ1v) is 4.99. The fourth-order valence-electron chi connectivity index (χ4n) is 1.16. The van der Waals surface area contributed by atoms with Gasteiger partial charge in [-0.2, -0.15) is 0 Å². The summed E-state index contributed by atoms with van der Waals surface area (Å²) in [5.41, 5.74) is 0.837. The second kappa shape index (κ2) is 4.41. The Bertz CT molecular complexity index is 366. The van der Waals surface area contributed by atoms with Crippen molar-refractivity contribution in [2.75, 3.05) is 12.4 Å². The summed E-state index contributed by atoms with van der Waals surface area (Å²) in [6.45, 7) is 1.88. The minimum atomic E-state index is -0.947. The zero-order chi connectivity index (χ0) is 10.7. The lowest BCUT2D eigenvalue weighted by Gasteiger charge is -2.08. The standard InChI is InChI=1S/C9H11BrN2O2/c1-3-7-5(9(13)14)4-6(10)8(11-2)12-7/h4H,3H2,1-2H3,(H,11,12)(H,13,14). The van der Waals surface area contributed by atoms with Crippen LogP contribution < -0.4 is 5.32 Å². The number of halogens is 1. The number of aromatic nitrogens is 1. The highest BCUT2D eigenvalue weighted by atomic mass is 79.9. The molecule has 1 heterocycles. The Morgan fingerprint density at radius 3 is 2.79 bits per heavy atom. The fourth-order valence-corrected chi connectivity index (χ4v) is 1.67. The summed E-state index contributed by atoms with van der Waals surface area (Å²) in [6.07, 6.45) is 0.601. The van der Waals surface area contributed by atoms with Crippen molar-refractivity contribution in [3.63, 3.8) is 0 Å². The van der Waals surface area contributed by atoms with E-state index in [1.807, 2.05) is 6.92 Å². The number of carboxylic acid groups (broad SMARTS) is 1. The molecule has 0 spiro atoms. The maximum absolute atomic E-state index is 10.9. The van der Waals surface area contributed by atoms with Crippen LogP contribution in [0.15, 0.2) is 10.5 Å². The van der Waals surface area contributed by atoms with Crippen LogP contribution in [-0.4, -0.2) is 23.1 Å². The Hall–Kier alpha value is -1.10. The monoisotopic (exact) mass is 258 g/mol. The molecule has 1 aromatic heterocycles. The van der Waals surface area contributed by atoms with Crippen molar-refractivity contribution in [2.24, 2.45) is 0 Å². The molecule has 5 heteroatoms. The van der Waals surface area contributed by atoms with Crippen LogP contribution in [0.4, 0.5) is 5.82 Å². The molecule has 0 radical (unpaired) electrons. The average molecular weight is 259 g/mol. The number of rotatable bonds is 3. The van der Waals surface area contributed by atoms with Gasteiger partial charge in [0.1, 0.15) is 5.82 Å². The quantitative estimate of drug-likeness (QED) is 0.873. The molecule has 0 saturated carbocycles. The Kier molecular flexibility index (Phi) is 3.46. The zero-order valence-electron chi connectivity index (χ0n) is 7.97. The van der Waals surface area contributed by atoms with E-state index >= 15 is 0 Å². The summed E-state index contributed by atoms with van der Waals surface area (Å²) in [7, 11) is 1.74. The molecule has 0 saturated heterocycles. The van der Waals surface area contributed by atoms with Crippen LogP contribution in [0.25, 0.3) is 0 Å². The van der Waals surface area contributed by atoms with Crippen LogP contribution in [0, 0.1) is 0 Å². The number of hydrogen-bond donors (Lipinski definition) is 2. The van der Waals surface area contributed by atoms with Gasteiger partial charge in [-0.25, -0.2) is 9.78 Å². The molecule has 0 bridgehead atoms. The normalized spacial score (nSPS) is 9.93. The number of aryl methyl sites for hydroxylation is 1. The van der Waals surface area contributed by atoms with Gasteiger partial charge in [-0.3, -0.25) is 0 Å². The molecule has 0 amide bonds. The van der Waals surface area contributed by atoms with E-state index in [4.69, 9.17) is 5.11 Å². The van der Waals surface area contributed by atoms with Gasteiger partial charge in [-0.1, -0.05) is 6.92 Å². The summed E-state index contributed by atoms with van der Waals surface area (Å²) in [6, 6.07) is 1.57. The molecule has 0 fully saturated rings. The van der Waals surface area contributed by atoms with E-state index < -0.39 is 5.97 Å². The maximum atomic E-state index is 10.9. The van der Waals surface area contributed by atoms with Crippen molar-refractivity contribution >= 4 is 27.7 Å². The predicted octanol–water partition coefficient (Wildman–Crippen LogP) is 2.15. The third kappa shape index (κ3) is 2.04. The van der Waals surface area contributed by atoms with E-state index in [0.717, 1.165) is 0 Å². The molecule has 4 nitrogen and oxygen atoms in total. The maximum Gasteiger partial charge on any atom is 0.337 e. The number of nitrogens with one attached hydrogen (secondary N) is 1. The molecular formula is C9H11BrN2O2. The van der Waals surface area contributed by atoms with Gasteiger partial charge in [-0.05, 0) is 28.4 Å². The SMILES string of the molecule is CCc1nc(NC)c(Br)cc1C(=O)O. The summed E-state index contributed by atoms with van der Waals surface area (Å²) in [5, 5.41) is 11.8. The number of pyridine rings is 1. The molecule has 76 valence electrons. The summed E-state index contributed by atoms with van der Waals surface area (Å²) >= 11 is 3.25. The molecule has 1 aromatic rings. The highest BCUT2D eigenvalue weighted by molar-refractivity contribution is 9.10. The van der Waals surface area contributed by atoms with E-state index in [1.165, 1.54) is 0 Å². The lowest BCUT2D eigenvalue weighted by molar-refractivity contribution is 0.0695. The molecule has 0 aliphatic carbocycles. The Morgan fingerprint density at radius 2 is 2.36 bits per heavy atom. The van der Waals surface area contributed by atoms with Gasteiger partial charge in [0.05, 0.1) is 15.7 Å². The van der Waals surface area contributed by atoms with E-state index in [2.05, 4.69) is 26.2 Å². The summed E-state index contributed by atoms with van der Waals surface area (Å²) in [5.74, 6) is -0.287. The summed E-state index contributed by atoms with van der Waals surface area (Å²) in [4.78, 5) is 15.0. The number of carbonyl (C=O) groups is 1. The lowest BCUT2D eigenvalue weighted by atomic mass is 10.1. The topological polar surface area (TPSA) is 62.2 Å². The first-order valence-electron chi connectivity index (χ1n) is 4.20. The fraction of sp³-hybridized carbons (Fsp3) is 0.333. The smallest absolute Gasteiger partial charge is 0.337 e. The number of aromatic carboxylic acids is 1. The van der Waals surface area contributed by atoms with Gasteiger partial charge in [-0.15, -0.1) is 0 Å². The molecule has 0 aliphatic rings. The summed E-state index contributed by atoms with van der Waals surface area (Å²) < 4.78 is 0.662. The number of carboxylic acids is 1. The zero-order valence-corrected chi connectivity index (χ0v) is 9.55. The second-order valence-corrected chi connectivity index (χ2v) is 3.58. The van der Waals surface area contributed by atoms with Gasteiger partial charge in [0.25, 0.3) is 0 Å². The largest absolute Gasteiger partial charge is 0.478 e. The molecule has 14 heavy (non-hydrogen) atoms. The molecule has 2 N–H and O–H groups in total. The highest BCUT2D eigenvalue weighted by Crippen LogP contribution is 2.23. The molecular weight excluding hydrogens is 248 g/mol. The van der Waals surface area contributed by atoms with Crippen LogP contribution in [0.3, 0.4) is 0 Å². The van der Waals surface area contributed by atoms with Gasteiger partial charge >= 0.3 is 5.97 Å². The predicted molar refractivity (Wildman–Crippen MR) is 57.8 cm³/mol. The van der Waals surface area contributed by atoms with Crippen LogP contribution >= 0.6 is 15.9 Å². The highest BCUT2D eigenvalue weighted by Gasteiger charge is 2.13. The third-order valence-corrected chi connectivity index (χ3v) is 2.46. The van der Waals surface area contributed by atoms with Crippen molar-refractivity contribution in [2.45, 2.75) is 13.3 Å². The number of anilines is 1. The van der Waals surface area contributed by atoms with E-state index in [-0.39, 0.29) is 5.56 Å². The lowest BCUT2D eigenvalue weighted by Crippen LogP contribution is -2.07. The average Bonchev–Trinajstić information content (AvgIpc) is 2.17. The van der Waals surface area contributed by atoms with Crippen LogP contribution in [-0.2, 0) is 6.42 Å². The molecule has 1 rings (SSSR count). The van der Waals surface area contributed by atoms with Crippen molar-refractivity contribution in [3.05, 3.63) is 21.8 Å². The molecule has 0 aliphatic heterocycles. The van der Waals surface area contributed by atoms with Crippen molar-refractivity contribution in [3.8, 4) is 0 Å². The van der Waals surface area contributed by atoms with Gasteiger partial charge in [0, 0.05) is 7.05 Å². The van der Waals surface area contributed by atoms with Gasteiger partial charge in [0.15, 0.2) is 0 Å². The van der Waals surface area contributed by atoms with Crippen LogP contribution in [0.5, 0.6) is 0 Å². The van der Waals surface area contributed by atoms with Gasteiger partial charge < -0.3 is 10.4 Å². The molecule has 0 atom stereocenters. The van der Waals surface area contributed by atoms with E-state index in [9.17, 15) is 4.79 Å². The molecule has 0 aromatic carbocycles. The van der Waals surface area contributed by atoms with Crippen molar-refractivity contribution < 1.29 is 9.90 Å². The van der Waals surface area contributed by atoms with E-state index in [1.54, 1.807) is 13.1 Å². The second-order valence-electron chi connectivity index (χ2n) is 2.72. The van der Waals surface area contributed by atoms with E-state index in [0.29, 0.717) is 22.4 Å². The third-order valence-electron chi connectivity index (χ3n) is 1.86.